The molecule has 0 radical (unpaired) electrons. The van der Waals surface area contributed by atoms with Crippen molar-refractivity contribution in [2.45, 2.75) is 0 Å². The quantitative estimate of drug-likeness (QED) is 0.737. The van der Waals surface area contributed by atoms with Crippen molar-refractivity contribution in [3.8, 4) is 17.2 Å². The third kappa shape index (κ3) is 2.01. The Morgan fingerprint density at radius 2 is 1.95 bits per heavy atom. The molecule has 0 atom stereocenters. The second kappa shape index (κ2) is 4.93. The lowest BCUT2D eigenvalue weighted by Gasteiger charge is -2.07. The predicted molar refractivity (Wildman–Crippen MR) is 71.9 cm³/mol. The molecule has 2 aromatic heterocycles. The zero-order chi connectivity index (χ0) is 14.1. The molecule has 100 valence electrons. The van der Waals surface area contributed by atoms with Gasteiger partial charge < -0.3 is 0 Å². The van der Waals surface area contributed by atoms with Crippen LogP contribution in [0, 0.1) is 16.4 Å². The maximum absolute atomic E-state index is 13.9. The summed E-state index contributed by atoms with van der Waals surface area (Å²) in [6, 6.07) is 9.10. The van der Waals surface area contributed by atoms with Crippen molar-refractivity contribution in [2.75, 3.05) is 0 Å². The first kappa shape index (κ1) is 12.6. The van der Waals surface area contributed by atoms with Gasteiger partial charge in [0.15, 0.2) is 22.2 Å². The topological polar surface area (TPSA) is 46.5 Å². The molecule has 0 aliphatic carbocycles. The lowest BCUT2D eigenvalue weighted by atomic mass is 10.2. The van der Waals surface area contributed by atoms with E-state index in [1.54, 1.807) is 24.4 Å². The molecule has 20 heavy (non-hydrogen) atoms. The Bertz CT molecular complexity index is 811. The smallest absolute Gasteiger partial charge is 0.200 e. The minimum absolute atomic E-state index is 0.00981. The average molecular weight is 290 g/mol. The van der Waals surface area contributed by atoms with Crippen LogP contribution >= 0.6 is 12.2 Å². The van der Waals surface area contributed by atoms with E-state index in [1.165, 1.54) is 16.7 Å². The molecule has 0 aliphatic rings. The van der Waals surface area contributed by atoms with Gasteiger partial charge in [0.1, 0.15) is 5.69 Å². The Kier molecular flexibility index (Phi) is 3.11. The molecular formula is C13H8F2N4S. The minimum atomic E-state index is -0.984. The number of pyridine rings is 1. The Hall–Kier alpha value is -2.41. The third-order valence-corrected chi connectivity index (χ3v) is 3.01. The van der Waals surface area contributed by atoms with Gasteiger partial charge in [-0.2, -0.15) is 5.10 Å². The number of H-pyrrole nitrogens is 1. The average Bonchev–Trinajstić information content (AvgIpc) is 2.85. The van der Waals surface area contributed by atoms with Crippen molar-refractivity contribution in [1.82, 2.24) is 19.7 Å². The number of aromatic amines is 1. The van der Waals surface area contributed by atoms with E-state index >= 15 is 0 Å². The largest absolute Gasteiger partial charge is 0.264 e. The Morgan fingerprint density at radius 3 is 2.70 bits per heavy atom. The summed E-state index contributed by atoms with van der Waals surface area (Å²) in [5.41, 5.74) is 0.493. The number of hydrogen-bond donors (Lipinski definition) is 1. The van der Waals surface area contributed by atoms with E-state index in [2.05, 4.69) is 15.2 Å². The molecular weight excluding hydrogens is 282 g/mol. The van der Waals surface area contributed by atoms with Crippen molar-refractivity contribution in [3.05, 3.63) is 59.0 Å². The van der Waals surface area contributed by atoms with Gasteiger partial charge in [-0.25, -0.2) is 8.78 Å². The zero-order valence-corrected chi connectivity index (χ0v) is 10.9. The maximum atomic E-state index is 13.9. The first-order chi connectivity index (χ1) is 9.68. The van der Waals surface area contributed by atoms with Crippen LogP contribution in [0.2, 0.25) is 0 Å². The molecule has 3 aromatic rings. The van der Waals surface area contributed by atoms with E-state index in [1.807, 2.05) is 0 Å². The molecule has 1 aromatic carbocycles. The summed E-state index contributed by atoms with van der Waals surface area (Å²) in [5.74, 6) is -1.61. The van der Waals surface area contributed by atoms with Crippen LogP contribution in [0.5, 0.6) is 0 Å². The van der Waals surface area contributed by atoms with Gasteiger partial charge in [0.2, 0.25) is 0 Å². The first-order valence-corrected chi connectivity index (χ1v) is 6.12. The highest BCUT2D eigenvalue weighted by atomic mass is 32.1. The van der Waals surface area contributed by atoms with Gasteiger partial charge in [-0.3, -0.25) is 14.6 Å². The fraction of sp³-hybridized carbons (Fsp3) is 0. The summed E-state index contributed by atoms with van der Waals surface area (Å²) in [6.45, 7) is 0. The highest BCUT2D eigenvalue weighted by Gasteiger charge is 2.16. The second-order valence-corrected chi connectivity index (χ2v) is 4.36. The number of halogens is 2. The number of nitrogens with zero attached hydrogens (tertiary/aromatic N) is 3. The molecule has 0 bridgehead atoms. The highest BCUT2D eigenvalue weighted by Crippen LogP contribution is 2.22. The summed E-state index contributed by atoms with van der Waals surface area (Å²) in [6.07, 6.45) is 1.58. The van der Waals surface area contributed by atoms with Crippen LogP contribution in [-0.4, -0.2) is 19.7 Å². The molecule has 1 N–H and O–H groups in total. The molecule has 4 nitrogen and oxygen atoms in total. The monoisotopic (exact) mass is 290 g/mol. The van der Waals surface area contributed by atoms with Gasteiger partial charge in [0, 0.05) is 6.20 Å². The predicted octanol–water partition coefficient (Wildman–Crippen LogP) is 3.27. The fourth-order valence-electron chi connectivity index (χ4n) is 1.85. The molecule has 0 fully saturated rings. The van der Waals surface area contributed by atoms with E-state index in [0.717, 1.165) is 6.07 Å². The molecule has 0 saturated carbocycles. The summed E-state index contributed by atoms with van der Waals surface area (Å²) in [7, 11) is 0. The van der Waals surface area contributed by atoms with Crippen molar-refractivity contribution in [3.63, 3.8) is 0 Å². The van der Waals surface area contributed by atoms with Crippen molar-refractivity contribution >= 4 is 12.2 Å². The van der Waals surface area contributed by atoms with Crippen LogP contribution < -0.4 is 0 Å². The van der Waals surface area contributed by atoms with Gasteiger partial charge in [-0.1, -0.05) is 12.1 Å². The molecule has 0 saturated heterocycles. The van der Waals surface area contributed by atoms with E-state index in [4.69, 9.17) is 12.2 Å². The number of nitrogens with one attached hydrogen (secondary N) is 1. The number of benzene rings is 1. The standard InChI is InChI=1S/C13H8F2N4S/c14-8-4-3-6-10(11(8)15)19-12(17-18-13(19)20)9-5-1-2-7-16-9/h1-7H,(H,18,20). The normalized spacial score (nSPS) is 10.7. The summed E-state index contributed by atoms with van der Waals surface area (Å²) in [4.78, 5) is 4.13. The minimum Gasteiger partial charge on any atom is -0.264 e. The van der Waals surface area contributed by atoms with Gasteiger partial charge in [-0.15, -0.1) is 0 Å². The Morgan fingerprint density at radius 1 is 1.10 bits per heavy atom. The summed E-state index contributed by atoms with van der Waals surface area (Å²) >= 11 is 5.09. The van der Waals surface area contributed by atoms with Crippen molar-refractivity contribution in [2.24, 2.45) is 0 Å². The van der Waals surface area contributed by atoms with Crippen LogP contribution in [0.4, 0.5) is 8.78 Å². The van der Waals surface area contributed by atoms with Gasteiger partial charge in [-0.05, 0) is 36.5 Å². The van der Waals surface area contributed by atoms with Crippen LogP contribution in [0.1, 0.15) is 0 Å². The lowest BCUT2D eigenvalue weighted by molar-refractivity contribution is 0.504. The van der Waals surface area contributed by atoms with Crippen molar-refractivity contribution < 1.29 is 8.78 Å². The van der Waals surface area contributed by atoms with E-state index in [-0.39, 0.29) is 10.5 Å². The van der Waals surface area contributed by atoms with E-state index in [0.29, 0.717) is 11.5 Å². The van der Waals surface area contributed by atoms with Crippen molar-refractivity contribution in [1.29, 1.82) is 0 Å². The second-order valence-electron chi connectivity index (χ2n) is 3.98. The van der Waals surface area contributed by atoms with Crippen LogP contribution in [0.3, 0.4) is 0 Å². The molecule has 3 rings (SSSR count). The van der Waals surface area contributed by atoms with E-state index < -0.39 is 11.6 Å². The Balaban J connectivity index is 2.28. The molecule has 0 spiro atoms. The summed E-state index contributed by atoms with van der Waals surface area (Å²) < 4.78 is 28.8. The number of hydrogen-bond acceptors (Lipinski definition) is 3. The number of aromatic nitrogens is 4. The molecule has 0 aliphatic heterocycles. The summed E-state index contributed by atoms with van der Waals surface area (Å²) in [5, 5.41) is 6.59. The fourth-order valence-corrected chi connectivity index (χ4v) is 2.08. The lowest BCUT2D eigenvalue weighted by Crippen LogP contribution is -2.03. The zero-order valence-electron chi connectivity index (χ0n) is 10.0. The van der Waals surface area contributed by atoms with Crippen LogP contribution in [0.15, 0.2) is 42.6 Å². The van der Waals surface area contributed by atoms with Gasteiger partial charge >= 0.3 is 0 Å². The maximum Gasteiger partial charge on any atom is 0.200 e. The van der Waals surface area contributed by atoms with E-state index in [9.17, 15) is 8.78 Å². The number of rotatable bonds is 2. The van der Waals surface area contributed by atoms with Crippen LogP contribution in [-0.2, 0) is 0 Å². The van der Waals surface area contributed by atoms with Gasteiger partial charge in [0.25, 0.3) is 0 Å². The molecule has 2 heterocycles. The SMILES string of the molecule is Fc1cccc(-n2c(-c3ccccn3)n[nH]c2=S)c1F. The Labute approximate surface area is 117 Å². The molecule has 0 unspecified atom stereocenters. The molecule has 7 heteroatoms. The van der Waals surface area contributed by atoms with Gasteiger partial charge in [0.05, 0.1) is 5.69 Å². The highest BCUT2D eigenvalue weighted by molar-refractivity contribution is 7.71. The van der Waals surface area contributed by atoms with Crippen LogP contribution in [0.25, 0.3) is 17.2 Å². The third-order valence-electron chi connectivity index (χ3n) is 2.74. The first-order valence-electron chi connectivity index (χ1n) is 5.71. The molecule has 0 amide bonds.